The molecule has 2 aliphatic rings. The van der Waals surface area contributed by atoms with E-state index in [0.29, 0.717) is 0 Å². The van der Waals surface area contributed by atoms with Crippen LogP contribution in [0.15, 0.2) is 24.3 Å². The molecule has 110 valence electrons. The van der Waals surface area contributed by atoms with Gasteiger partial charge in [0.05, 0.1) is 11.6 Å². The van der Waals surface area contributed by atoms with Crippen molar-refractivity contribution in [2.45, 2.75) is 56.5 Å². The summed E-state index contributed by atoms with van der Waals surface area (Å²) in [5, 5.41) is 3.15. The van der Waals surface area contributed by atoms with Gasteiger partial charge in [-0.1, -0.05) is 38.1 Å². The summed E-state index contributed by atoms with van der Waals surface area (Å²) in [6, 6.07) is 8.57. The fourth-order valence-corrected chi connectivity index (χ4v) is 3.03. The summed E-state index contributed by atoms with van der Waals surface area (Å²) in [6.07, 6.45) is 3.72. The maximum Gasteiger partial charge on any atom is 0.240 e. The summed E-state index contributed by atoms with van der Waals surface area (Å²) in [7, 11) is 0. The van der Waals surface area contributed by atoms with E-state index in [-0.39, 0.29) is 29.8 Å². The molecular weight excluding hydrogens is 272 g/mol. The average Bonchev–Trinajstić information content (AvgIpc) is 3.13. The first kappa shape index (κ1) is 15.3. The van der Waals surface area contributed by atoms with E-state index in [2.05, 4.69) is 43.4 Å². The van der Waals surface area contributed by atoms with Crippen molar-refractivity contribution in [1.82, 2.24) is 5.32 Å². The van der Waals surface area contributed by atoms with Crippen LogP contribution in [0, 0.1) is 0 Å². The summed E-state index contributed by atoms with van der Waals surface area (Å²) in [5.74, 6) is 0.0204. The van der Waals surface area contributed by atoms with Crippen LogP contribution in [0.4, 0.5) is 0 Å². The molecule has 0 aromatic heterocycles. The van der Waals surface area contributed by atoms with E-state index in [1.165, 1.54) is 11.1 Å². The Morgan fingerprint density at radius 2 is 1.90 bits per heavy atom. The van der Waals surface area contributed by atoms with E-state index >= 15 is 0 Å². The van der Waals surface area contributed by atoms with Crippen LogP contribution in [0.3, 0.4) is 0 Å². The molecule has 1 aromatic carbocycles. The molecule has 3 N–H and O–H groups in total. The normalized spacial score (nSPS) is 25.1. The highest BCUT2D eigenvalue weighted by molar-refractivity contribution is 5.89. The van der Waals surface area contributed by atoms with E-state index in [1.807, 2.05) is 0 Å². The fourth-order valence-electron chi connectivity index (χ4n) is 3.03. The third-order valence-electron chi connectivity index (χ3n) is 4.67. The molecular formula is C16H23ClN2O. The van der Waals surface area contributed by atoms with Crippen LogP contribution in [0.1, 0.15) is 56.7 Å². The maximum absolute atomic E-state index is 12.1. The largest absolute Gasteiger partial charge is 0.348 e. The minimum absolute atomic E-state index is 0. The molecule has 20 heavy (non-hydrogen) atoms. The van der Waals surface area contributed by atoms with Crippen molar-refractivity contribution >= 4 is 18.3 Å². The molecule has 1 unspecified atom stereocenters. The second-order valence-corrected chi connectivity index (χ2v) is 6.69. The smallest absolute Gasteiger partial charge is 0.240 e. The quantitative estimate of drug-likeness (QED) is 0.881. The Labute approximate surface area is 126 Å². The number of hydrogen-bond donors (Lipinski definition) is 2. The number of halogens is 1. The molecule has 1 amide bonds. The number of carbonyl (C=O) groups is 1. The maximum atomic E-state index is 12.1. The van der Waals surface area contributed by atoms with Crippen LogP contribution >= 0.6 is 12.4 Å². The van der Waals surface area contributed by atoms with Gasteiger partial charge in [0.2, 0.25) is 5.91 Å². The molecule has 3 nitrogen and oxygen atoms in total. The molecule has 0 heterocycles. The van der Waals surface area contributed by atoms with Crippen molar-refractivity contribution in [3.63, 3.8) is 0 Å². The number of benzene rings is 1. The first-order chi connectivity index (χ1) is 8.92. The summed E-state index contributed by atoms with van der Waals surface area (Å²) in [6.45, 7) is 4.55. The molecule has 0 spiro atoms. The average molecular weight is 295 g/mol. The van der Waals surface area contributed by atoms with Gasteiger partial charge in [-0.05, 0) is 42.2 Å². The van der Waals surface area contributed by atoms with Crippen LogP contribution in [-0.4, -0.2) is 11.4 Å². The van der Waals surface area contributed by atoms with Gasteiger partial charge in [0.25, 0.3) is 0 Å². The number of rotatable bonds is 2. The molecule has 2 aliphatic carbocycles. The van der Waals surface area contributed by atoms with Crippen molar-refractivity contribution < 1.29 is 4.79 Å². The molecule has 0 radical (unpaired) electrons. The van der Waals surface area contributed by atoms with Gasteiger partial charge in [-0.15, -0.1) is 12.4 Å². The Hall–Kier alpha value is -1.06. The third-order valence-corrected chi connectivity index (χ3v) is 4.67. The number of nitrogens with one attached hydrogen (secondary N) is 1. The topological polar surface area (TPSA) is 55.1 Å². The van der Waals surface area contributed by atoms with Crippen LogP contribution in [0.2, 0.25) is 0 Å². The lowest BCUT2D eigenvalue weighted by Gasteiger charge is -2.37. The van der Waals surface area contributed by atoms with E-state index in [0.717, 1.165) is 25.7 Å². The standard InChI is InChI=1S/C16H22N2O.ClH/c1-15(2)8-7-13(11-5-3-4-6-12(11)15)18-14(19)16(17)9-10-16;/h3-6,13H,7-10,17H2,1-2H3,(H,18,19);1H. The zero-order valence-corrected chi connectivity index (χ0v) is 12.9. The molecule has 1 saturated carbocycles. The fraction of sp³-hybridized carbons (Fsp3) is 0.562. The lowest BCUT2D eigenvalue weighted by molar-refractivity contribution is -0.124. The molecule has 0 saturated heterocycles. The van der Waals surface area contributed by atoms with Gasteiger partial charge < -0.3 is 11.1 Å². The summed E-state index contributed by atoms with van der Waals surface area (Å²) < 4.78 is 0. The Morgan fingerprint density at radius 3 is 2.55 bits per heavy atom. The monoisotopic (exact) mass is 294 g/mol. The van der Waals surface area contributed by atoms with Gasteiger partial charge in [-0.3, -0.25) is 4.79 Å². The van der Waals surface area contributed by atoms with E-state index in [1.54, 1.807) is 0 Å². The predicted octanol–water partition coefficient (Wildman–Crippen LogP) is 2.83. The van der Waals surface area contributed by atoms with Gasteiger partial charge in [-0.2, -0.15) is 0 Å². The number of fused-ring (bicyclic) bond motifs is 1. The summed E-state index contributed by atoms with van der Waals surface area (Å²) >= 11 is 0. The van der Waals surface area contributed by atoms with Gasteiger partial charge in [-0.25, -0.2) is 0 Å². The Morgan fingerprint density at radius 1 is 1.25 bits per heavy atom. The van der Waals surface area contributed by atoms with Crippen molar-refractivity contribution in [3.05, 3.63) is 35.4 Å². The number of hydrogen-bond acceptors (Lipinski definition) is 2. The molecule has 0 aliphatic heterocycles. The van der Waals surface area contributed by atoms with E-state index in [4.69, 9.17) is 5.73 Å². The second kappa shape index (κ2) is 5.05. The molecule has 3 rings (SSSR count). The number of nitrogens with two attached hydrogens (primary N) is 1. The lowest BCUT2D eigenvalue weighted by Crippen LogP contribution is -2.45. The minimum atomic E-state index is -0.581. The lowest BCUT2D eigenvalue weighted by atomic mass is 9.71. The molecule has 4 heteroatoms. The first-order valence-electron chi connectivity index (χ1n) is 7.12. The first-order valence-corrected chi connectivity index (χ1v) is 7.12. The van der Waals surface area contributed by atoms with Crippen molar-refractivity contribution in [3.8, 4) is 0 Å². The van der Waals surface area contributed by atoms with E-state index in [9.17, 15) is 4.79 Å². The highest BCUT2D eigenvalue weighted by Crippen LogP contribution is 2.42. The van der Waals surface area contributed by atoms with Crippen LogP contribution in [-0.2, 0) is 10.2 Å². The highest BCUT2D eigenvalue weighted by atomic mass is 35.5. The number of carbonyl (C=O) groups excluding carboxylic acids is 1. The highest BCUT2D eigenvalue weighted by Gasteiger charge is 2.47. The predicted molar refractivity (Wildman–Crippen MR) is 83.0 cm³/mol. The van der Waals surface area contributed by atoms with Gasteiger partial charge in [0, 0.05) is 0 Å². The van der Waals surface area contributed by atoms with Gasteiger partial charge >= 0.3 is 0 Å². The molecule has 1 fully saturated rings. The van der Waals surface area contributed by atoms with Crippen molar-refractivity contribution in [2.75, 3.05) is 0 Å². The molecule has 1 atom stereocenters. The Bertz CT molecular complexity index is 523. The zero-order valence-electron chi connectivity index (χ0n) is 12.1. The molecule has 0 bridgehead atoms. The molecule has 1 aromatic rings. The summed E-state index contributed by atoms with van der Waals surface area (Å²) in [4.78, 5) is 12.1. The van der Waals surface area contributed by atoms with Gasteiger partial charge in [0.15, 0.2) is 0 Å². The summed E-state index contributed by atoms with van der Waals surface area (Å²) in [5.41, 5.74) is 8.19. The van der Waals surface area contributed by atoms with Gasteiger partial charge in [0.1, 0.15) is 0 Å². The number of amides is 1. The van der Waals surface area contributed by atoms with Crippen LogP contribution < -0.4 is 11.1 Å². The Kier molecular flexibility index (Phi) is 3.87. The van der Waals surface area contributed by atoms with E-state index < -0.39 is 5.54 Å². The van der Waals surface area contributed by atoms with Crippen LogP contribution in [0.5, 0.6) is 0 Å². The zero-order chi connectivity index (χ0) is 13.7. The third kappa shape index (κ3) is 2.57. The minimum Gasteiger partial charge on any atom is -0.348 e. The van der Waals surface area contributed by atoms with Crippen LogP contribution in [0.25, 0.3) is 0 Å². The second-order valence-electron chi connectivity index (χ2n) is 6.69. The Balaban J connectivity index is 0.00000147. The SMILES string of the molecule is CC1(C)CCC(NC(=O)C2(N)CC2)c2ccccc21.Cl. The van der Waals surface area contributed by atoms with Crippen molar-refractivity contribution in [2.24, 2.45) is 5.73 Å². The van der Waals surface area contributed by atoms with Crippen molar-refractivity contribution in [1.29, 1.82) is 0 Å².